The van der Waals surface area contributed by atoms with Gasteiger partial charge in [0.25, 0.3) is 0 Å². The van der Waals surface area contributed by atoms with Crippen molar-refractivity contribution in [2.75, 3.05) is 12.8 Å². The molecule has 2 rings (SSSR count). The van der Waals surface area contributed by atoms with Crippen molar-refractivity contribution in [1.29, 1.82) is 0 Å². The predicted octanol–water partition coefficient (Wildman–Crippen LogP) is 3.48. The Kier molecular flexibility index (Phi) is 4.79. The first-order valence-corrected chi connectivity index (χ1v) is 7.59. The zero-order chi connectivity index (χ0) is 14.5. The van der Waals surface area contributed by atoms with Crippen LogP contribution in [0.3, 0.4) is 0 Å². The number of benzene rings is 1. The molecule has 0 saturated heterocycles. The Morgan fingerprint density at radius 1 is 1.30 bits per heavy atom. The van der Waals surface area contributed by atoms with E-state index < -0.39 is 0 Å². The van der Waals surface area contributed by atoms with Crippen molar-refractivity contribution in [2.45, 2.75) is 25.8 Å². The monoisotopic (exact) mass is 288 g/mol. The highest BCUT2D eigenvalue weighted by Crippen LogP contribution is 2.24. The first-order valence-electron chi connectivity index (χ1n) is 6.71. The molecule has 0 spiro atoms. The topological polar surface area (TPSA) is 46.3 Å². The number of aryl methyl sites for hydroxylation is 1. The number of carbonyl (C=O) groups is 1. The molecule has 1 aromatic carbocycles. The van der Waals surface area contributed by atoms with Gasteiger partial charge in [0.15, 0.2) is 0 Å². The van der Waals surface area contributed by atoms with E-state index in [2.05, 4.69) is 13.0 Å². The molecule has 2 aromatic rings. The molecule has 2 N–H and O–H groups in total. The third kappa shape index (κ3) is 3.61. The van der Waals surface area contributed by atoms with Gasteiger partial charge >= 0.3 is 0 Å². The van der Waals surface area contributed by atoms with Crippen molar-refractivity contribution in [2.24, 2.45) is 0 Å². The van der Waals surface area contributed by atoms with Gasteiger partial charge in [0.05, 0.1) is 6.04 Å². The van der Waals surface area contributed by atoms with Crippen LogP contribution in [0.5, 0.6) is 0 Å². The lowest BCUT2D eigenvalue weighted by Crippen LogP contribution is -2.29. The average molecular weight is 288 g/mol. The molecule has 0 saturated carbocycles. The summed E-state index contributed by atoms with van der Waals surface area (Å²) in [6.45, 7) is 2.06. The number of hydrogen-bond acceptors (Lipinski definition) is 3. The van der Waals surface area contributed by atoms with Crippen molar-refractivity contribution in [3.63, 3.8) is 0 Å². The largest absolute Gasteiger partial charge is 0.399 e. The van der Waals surface area contributed by atoms with Crippen molar-refractivity contribution < 1.29 is 4.79 Å². The first-order chi connectivity index (χ1) is 9.58. The van der Waals surface area contributed by atoms with Gasteiger partial charge in [0, 0.05) is 24.0 Å². The normalized spacial score (nSPS) is 12.1. The van der Waals surface area contributed by atoms with Crippen molar-refractivity contribution >= 4 is 22.9 Å². The summed E-state index contributed by atoms with van der Waals surface area (Å²) < 4.78 is 0. The van der Waals surface area contributed by atoms with E-state index in [1.54, 1.807) is 11.3 Å². The van der Waals surface area contributed by atoms with E-state index >= 15 is 0 Å². The van der Waals surface area contributed by atoms with Gasteiger partial charge in [0.2, 0.25) is 5.91 Å². The highest BCUT2D eigenvalue weighted by Gasteiger charge is 2.17. The number of nitrogen functional groups attached to an aromatic ring is 1. The molecule has 0 fully saturated rings. The Morgan fingerprint density at radius 2 is 2.00 bits per heavy atom. The summed E-state index contributed by atoms with van der Waals surface area (Å²) in [4.78, 5) is 15.3. The number of nitrogens with zero attached hydrogens (tertiary/aromatic N) is 1. The van der Waals surface area contributed by atoms with E-state index in [0.717, 1.165) is 17.7 Å². The predicted molar refractivity (Wildman–Crippen MR) is 84.7 cm³/mol. The van der Waals surface area contributed by atoms with Gasteiger partial charge < -0.3 is 10.6 Å². The highest BCUT2D eigenvalue weighted by atomic mass is 32.1. The van der Waals surface area contributed by atoms with E-state index in [9.17, 15) is 4.79 Å². The Bertz CT molecular complexity index is 548. The molecular weight excluding hydrogens is 268 g/mol. The lowest BCUT2D eigenvalue weighted by atomic mass is 10.1. The van der Waals surface area contributed by atoms with Gasteiger partial charge in [-0.3, -0.25) is 4.79 Å². The summed E-state index contributed by atoms with van der Waals surface area (Å²) in [5.74, 6) is 0.169. The molecule has 106 valence electrons. The van der Waals surface area contributed by atoms with Crippen LogP contribution in [-0.4, -0.2) is 17.9 Å². The minimum Gasteiger partial charge on any atom is -0.399 e. The molecule has 0 bridgehead atoms. The summed E-state index contributed by atoms with van der Waals surface area (Å²) in [7, 11) is 1.87. The summed E-state index contributed by atoms with van der Waals surface area (Å²) in [6, 6.07) is 11.9. The van der Waals surface area contributed by atoms with Crippen LogP contribution >= 0.6 is 11.3 Å². The molecule has 1 amide bonds. The molecule has 3 nitrogen and oxygen atoms in total. The molecule has 0 radical (unpaired) electrons. The van der Waals surface area contributed by atoms with Crippen molar-refractivity contribution in [1.82, 2.24) is 4.90 Å². The molecule has 1 atom stereocenters. The van der Waals surface area contributed by atoms with Gasteiger partial charge in [-0.05, 0) is 42.5 Å². The smallest absolute Gasteiger partial charge is 0.223 e. The molecule has 1 aromatic heterocycles. The van der Waals surface area contributed by atoms with E-state index in [1.807, 2.05) is 47.7 Å². The number of nitrogens with two attached hydrogens (primary N) is 1. The summed E-state index contributed by atoms with van der Waals surface area (Å²) in [5, 5.41) is 2.04. The molecule has 1 heterocycles. The van der Waals surface area contributed by atoms with Gasteiger partial charge in [-0.1, -0.05) is 18.2 Å². The summed E-state index contributed by atoms with van der Waals surface area (Å²) in [6.07, 6.45) is 1.27. The Labute approximate surface area is 124 Å². The van der Waals surface area contributed by atoms with Crippen LogP contribution in [0.4, 0.5) is 5.69 Å². The molecule has 20 heavy (non-hydrogen) atoms. The number of thiophene rings is 1. The molecular formula is C16H20N2OS. The van der Waals surface area contributed by atoms with Gasteiger partial charge in [-0.15, -0.1) is 11.3 Å². The van der Waals surface area contributed by atoms with Crippen LogP contribution in [0.2, 0.25) is 0 Å². The third-order valence-electron chi connectivity index (χ3n) is 3.54. The summed E-state index contributed by atoms with van der Waals surface area (Å²) >= 11 is 1.69. The Morgan fingerprint density at radius 3 is 2.60 bits per heavy atom. The minimum atomic E-state index is 0.133. The quantitative estimate of drug-likeness (QED) is 0.856. The van der Waals surface area contributed by atoms with Gasteiger partial charge in [-0.2, -0.15) is 0 Å². The fourth-order valence-electron chi connectivity index (χ4n) is 2.05. The molecule has 1 unspecified atom stereocenters. The van der Waals surface area contributed by atoms with Crippen molar-refractivity contribution in [3.8, 4) is 0 Å². The highest BCUT2D eigenvalue weighted by molar-refractivity contribution is 7.10. The SMILES string of the molecule is CC(c1cccs1)N(C)C(=O)CCc1ccc(N)cc1. The lowest BCUT2D eigenvalue weighted by Gasteiger charge is -2.24. The van der Waals surface area contributed by atoms with Gasteiger partial charge in [0.1, 0.15) is 0 Å². The Balaban J connectivity index is 1.89. The molecule has 0 aliphatic rings. The van der Waals surface area contributed by atoms with Crippen molar-refractivity contribution in [3.05, 3.63) is 52.2 Å². The maximum atomic E-state index is 12.2. The molecule has 0 aliphatic carbocycles. The van der Waals surface area contributed by atoms with Crippen LogP contribution in [0.15, 0.2) is 41.8 Å². The average Bonchev–Trinajstić information content (AvgIpc) is 2.99. The number of anilines is 1. The van der Waals surface area contributed by atoms with E-state index in [1.165, 1.54) is 4.88 Å². The van der Waals surface area contributed by atoms with E-state index in [-0.39, 0.29) is 11.9 Å². The second kappa shape index (κ2) is 6.57. The molecule has 0 aliphatic heterocycles. The maximum Gasteiger partial charge on any atom is 0.223 e. The zero-order valence-electron chi connectivity index (χ0n) is 11.9. The fraction of sp³-hybridized carbons (Fsp3) is 0.312. The van der Waals surface area contributed by atoms with Crippen LogP contribution in [0, 0.1) is 0 Å². The van der Waals surface area contributed by atoms with Crippen LogP contribution in [0.25, 0.3) is 0 Å². The van der Waals surface area contributed by atoms with E-state index in [4.69, 9.17) is 5.73 Å². The van der Waals surface area contributed by atoms with E-state index in [0.29, 0.717) is 6.42 Å². The second-order valence-corrected chi connectivity index (χ2v) is 5.92. The zero-order valence-corrected chi connectivity index (χ0v) is 12.7. The third-order valence-corrected chi connectivity index (χ3v) is 4.58. The minimum absolute atomic E-state index is 0.133. The van der Waals surface area contributed by atoms with Crippen LogP contribution in [0.1, 0.15) is 29.8 Å². The van der Waals surface area contributed by atoms with Crippen LogP contribution in [-0.2, 0) is 11.2 Å². The second-order valence-electron chi connectivity index (χ2n) is 4.94. The fourth-order valence-corrected chi connectivity index (χ4v) is 2.87. The standard InChI is InChI=1S/C16H20N2OS/c1-12(15-4-3-11-20-15)18(2)16(19)10-7-13-5-8-14(17)9-6-13/h3-6,8-9,11-12H,7,10,17H2,1-2H3. The Hall–Kier alpha value is -1.81. The van der Waals surface area contributed by atoms with Gasteiger partial charge in [-0.25, -0.2) is 0 Å². The number of amides is 1. The summed E-state index contributed by atoms with van der Waals surface area (Å²) in [5.41, 5.74) is 7.55. The maximum absolute atomic E-state index is 12.2. The first kappa shape index (κ1) is 14.6. The molecule has 4 heteroatoms. The lowest BCUT2D eigenvalue weighted by molar-refractivity contribution is -0.131. The number of carbonyl (C=O) groups excluding carboxylic acids is 1. The number of rotatable bonds is 5. The number of hydrogen-bond donors (Lipinski definition) is 1. The van der Waals surface area contributed by atoms with Crippen LogP contribution < -0.4 is 5.73 Å².